The van der Waals surface area contributed by atoms with Crippen LogP contribution in [0, 0.1) is 5.92 Å². The molecule has 0 amide bonds. The van der Waals surface area contributed by atoms with Gasteiger partial charge in [-0.1, -0.05) is 44.2 Å². The quantitative estimate of drug-likeness (QED) is 0.824. The predicted molar refractivity (Wildman–Crippen MR) is 63.5 cm³/mol. The first-order valence-electron chi connectivity index (χ1n) is 4.92. The zero-order valence-corrected chi connectivity index (χ0v) is 9.79. The van der Waals surface area contributed by atoms with Gasteiger partial charge in [-0.3, -0.25) is 0 Å². The minimum atomic E-state index is -0.271. The number of benzene rings is 1. The van der Waals surface area contributed by atoms with Crippen molar-refractivity contribution in [2.24, 2.45) is 5.92 Å². The standard InChI is InChI=1S/C12H18OS/c1-9(2)11(13)12(14-3)10-7-5-4-6-8-10/h4-9,11-13H,1-3H3/t11-,12+/m1/s1. The Kier molecular flexibility index (Phi) is 4.49. The molecule has 0 saturated carbocycles. The average Bonchev–Trinajstić information content (AvgIpc) is 2.20. The van der Waals surface area contributed by atoms with Gasteiger partial charge in [0.2, 0.25) is 0 Å². The van der Waals surface area contributed by atoms with Crippen LogP contribution in [0.3, 0.4) is 0 Å². The zero-order chi connectivity index (χ0) is 10.6. The van der Waals surface area contributed by atoms with Crippen LogP contribution in [-0.4, -0.2) is 17.5 Å². The molecule has 78 valence electrons. The Hall–Kier alpha value is -0.470. The van der Waals surface area contributed by atoms with Crippen molar-refractivity contribution in [3.8, 4) is 0 Å². The average molecular weight is 210 g/mol. The highest BCUT2D eigenvalue weighted by Gasteiger charge is 2.22. The lowest BCUT2D eigenvalue weighted by Gasteiger charge is -2.24. The van der Waals surface area contributed by atoms with Crippen molar-refractivity contribution in [1.29, 1.82) is 0 Å². The van der Waals surface area contributed by atoms with Crippen LogP contribution in [0.15, 0.2) is 30.3 Å². The molecule has 0 bridgehead atoms. The fourth-order valence-electron chi connectivity index (χ4n) is 1.46. The Morgan fingerprint density at radius 3 is 2.14 bits per heavy atom. The van der Waals surface area contributed by atoms with Gasteiger partial charge in [-0.2, -0.15) is 11.8 Å². The van der Waals surface area contributed by atoms with E-state index in [-0.39, 0.29) is 11.4 Å². The van der Waals surface area contributed by atoms with E-state index in [0.717, 1.165) is 0 Å². The highest BCUT2D eigenvalue weighted by molar-refractivity contribution is 7.98. The van der Waals surface area contributed by atoms with Crippen LogP contribution < -0.4 is 0 Å². The van der Waals surface area contributed by atoms with Crippen LogP contribution in [0.2, 0.25) is 0 Å². The summed E-state index contributed by atoms with van der Waals surface area (Å²) >= 11 is 1.71. The number of hydrogen-bond donors (Lipinski definition) is 1. The fraction of sp³-hybridized carbons (Fsp3) is 0.500. The summed E-state index contributed by atoms with van der Waals surface area (Å²) in [5.74, 6) is 0.299. The van der Waals surface area contributed by atoms with E-state index in [9.17, 15) is 5.11 Å². The van der Waals surface area contributed by atoms with Crippen molar-refractivity contribution in [3.63, 3.8) is 0 Å². The summed E-state index contributed by atoms with van der Waals surface area (Å²) in [6, 6.07) is 10.2. The third-order valence-corrected chi connectivity index (χ3v) is 3.43. The van der Waals surface area contributed by atoms with Crippen LogP contribution in [0.25, 0.3) is 0 Å². The number of thioether (sulfide) groups is 1. The maximum atomic E-state index is 10.0. The molecular weight excluding hydrogens is 192 g/mol. The predicted octanol–water partition coefficient (Wildman–Crippen LogP) is 3.11. The Labute approximate surface area is 90.5 Å². The number of aliphatic hydroxyl groups excluding tert-OH is 1. The molecule has 0 aliphatic heterocycles. The first kappa shape index (κ1) is 11.6. The van der Waals surface area contributed by atoms with Crippen LogP contribution in [0.4, 0.5) is 0 Å². The molecule has 0 spiro atoms. The van der Waals surface area contributed by atoms with Gasteiger partial charge >= 0.3 is 0 Å². The molecule has 0 aliphatic carbocycles. The molecule has 1 aromatic rings. The number of hydrogen-bond acceptors (Lipinski definition) is 2. The van der Waals surface area contributed by atoms with Crippen molar-refractivity contribution in [2.45, 2.75) is 25.2 Å². The lowest BCUT2D eigenvalue weighted by Crippen LogP contribution is -2.21. The topological polar surface area (TPSA) is 20.2 Å². The third-order valence-electron chi connectivity index (χ3n) is 2.38. The first-order valence-corrected chi connectivity index (χ1v) is 6.21. The summed E-state index contributed by atoms with van der Waals surface area (Å²) < 4.78 is 0. The number of aliphatic hydroxyl groups is 1. The Bertz CT molecular complexity index is 258. The Morgan fingerprint density at radius 2 is 1.71 bits per heavy atom. The maximum absolute atomic E-state index is 10.0. The monoisotopic (exact) mass is 210 g/mol. The summed E-state index contributed by atoms with van der Waals surface area (Å²) in [6.07, 6.45) is 1.77. The molecule has 1 N–H and O–H groups in total. The van der Waals surface area contributed by atoms with E-state index in [2.05, 4.69) is 26.0 Å². The molecule has 0 aliphatic rings. The summed E-state index contributed by atoms with van der Waals surface area (Å²) in [5.41, 5.74) is 1.21. The summed E-state index contributed by atoms with van der Waals surface area (Å²) in [6.45, 7) is 4.10. The second kappa shape index (κ2) is 5.42. The normalized spacial score (nSPS) is 15.5. The minimum Gasteiger partial charge on any atom is -0.391 e. The van der Waals surface area contributed by atoms with E-state index in [1.54, 1.807) is 11.8 Å². The molecule has 0 radical (unpaired) electrons. The van der Waals surface area contributed by atoms with Gasteiger partial charge in [0.15, 0.2) is 0 Å². The lowest BCUT2D eigenvalue weighted by atomic mass is 9.99. The van der Waals surface area contributed by atoms with E-state index in [1.165, 1.54) is 5.56 Å². The van der Waals surface area contributed by atoms with Gasteiger partial charge in [0, 0.05) is 0 Å². The zero-order valence-electron chi connectivity index (χ0n) is 8.97. The van der Waals surface area contributed by atoms with E-state index < -0.39 is 0 Å². The van der Waals surface area contributed by atoms with Crippen molar-refractivity contribution in [1.82, 2.24) is 0 Å². The van der Waals surface area contributed by atoms with Gasteiger partial charge < -0.3 is 5.11 Å². The van der Waals surface area contributed by atoms with Crippen LogP contribution in [-0.2, 0) is 0 Å². The largest absolute Gasteiger partial charge is 0.391 e. The van der Waals surface area contributed by atoms with E-state index in [1.807, 2.05) is 24.5 Å². The molecule has 2 heteroatoms. The minimum absolute atomic E-state index is 0.191. The molecule has 1 nitrogen and oxygen atoms in total. The third kappa shape index (κ3) is 2.76. The van der Waals surface area contributed by atoms with Crippen LogP contribution in [0.1, 0.15) is 24.7 Å². The molecule has 0 heterocycles. The van der Waals surface area contributed by atoms with E-state index in [0.29, 0.717) is 5.92 Å². The van der Waals surface area contributed by atoms with Gasteiger partial charge in [0.25, 0.3) is 0 Å². The van der Waals surface area contributed by atoms with Crippen molar-refractivity contribution >= 4 is 11.8 Å². The van der Waals surface area contributed by atoms with Crippen LogP contribution >= 0.6 is 11.8 Å². The Balaban J connectivity index is 2.82. The van der Waals surface area contributed by atoms with E-state index >= 15 is 0 Å². The molecule has 0 aromatic heterocycles. The maximum Gasteiger partial charge on any atom is 0.0722 e. The van der Waals surface area contributed by atoms with Crippen molar-refractivity contribution in [3.05, 3.63) is 35.9 Å². The molecule has 1 aromatic carbocycles. The molecule has 1 rings (SSSR count). The van der Waals surface area contributed by atoms with Gasteiger partial charge in [0.05, 0.1) is 11.4 Å². The van der Waals surface area contributed by atoms with Gasteiger partial charge in [0.1, 0.15) is 0 Å². The second-order valence-electron chi connectivity index (χ2n) is 3.80. The van der Waals surface area contributed by atoms with Crippen molar-refractivity contribution < 1.29 is 5.11 Å². The highest BCUT2D eigenvalue weighted by atomic mass is 32.2. The first-order chi connectivity index (χ1) is 6.66. The summed E-state index contributed by atoms with van der Waals surface area (Å²) in [5, 5.41) is 10.2. The SMILES string of the molecule is CS[C@@H](c1ccccc1)[C@H](O)C(C)C. The molecule has 2 atom stereocenters. The van der Waals surface area contributed by atoms with Crippen molar-refractivity contribution in [2.75, 3.05) is 6.26 Å². The van der Waals surface area contributed by atoms with Gasteiger partial charge in [-0.15, -0.1) is 0 Å². The Morgan fingerprint density at radius 1 is 1.14 bits per heavy atom. The highest BCUT2D eigenvalue weighted by Crippen LogP contribution is 2.32. The van der Waals surface area contributed by atoms with Gasteiger partial charge in [-0.25, -0.2) is 0 Å². The van der Waals surface area contributed by atoms with E-state index in [4.69, 9.17) is 0 Å². The molecule has 0 unspecified atom stereocenters. The fourth-order valence-corrected chi connectivity index (χ4v) is 2.49. The number of rotatable bonds is 4. The van der Waals surface area contributed by atoms with Crippen LogP contribution in [0.5, 0.6) is 0 Å². The second-order valence-corrected chi connectivity index (χ2v) is 4.78. The molecule has 0 fully saturated rings. The summed E-state index contributed by atoms with van der Waals surface area (Å²) in [7, 11) is 0. The smallest absolute Gasteiger partial charge is 0.0722 e. The molecular formula is C12H18OS. The lowest BCUT2D eigenvalue weighted by molar-refractivity contribution is 0.123. The van der Waals surface area contributed by atoms with Gasteiger partial charge in [-0.05, 0) is 17.7 Å². The summed E-state index contributed by atoms with van der Waals surface area (Å²) in [4.78, 5) is 0. The molecule has 0 saturated heterocycles. The molecule has 14 heavy (non-hydrogen) atoms.